The van der Waals surface area contributed by atoms with Crippen LogP contribution in [0.4, 0.5) is 26.3 Å². The van der Waals surface area contributed by atoms with Crippen LogP contribution in [0.25, 0.3) is 0 Å². The van der Waals surface area contributed by atoms with Crippen molar-refractivity contribution in [3.05, 3.63) is 89.2 Å². The van der Waals surface area contributed by atoms with Crippen molar-refractivity contribution in [1.29, 1.82) is 0 Å². The lowest BCUT2D eigenvalue weighted by atomic mass is 9.85. The number of hydrogen-bond acceptors (Lipinski definition) is 1. The monoisotopic (exact) mass is 398 g/mol. The molecule has 2 nitrogen and oxygen atoms in total. The molecule has 0 fully saturated rings. The minimum atomic E-state index is -4.46. The van der Waals surface area contributed by atoms with E-state index in [0.29, 0.717) is 11.1 Å². The van der Waals surface area contributed by atoms with E-state index in [2.05, 4.69) is 5.10 Å². The highest BCUT2D eigenvalue weighted by molar-refractivity contribution is 5.37. The van der Waals surface area contributed by atoms with Crippen LogP contribution in [0.1, 0.15) is 41.1 Å². The Morgan fingerprint density at radius 2 is 1.18 bits per heavy atom. The number of halogens is 6. The normalized spacial score (nSPS) is 13.7. The second-order valence-corrected chi connectivity index (χ2v) is 6.44. The average molecular weight is 398 g/mol. The summed E-state index contributed by atoms with van der Waals surface area (Å²) >= 11 is 0. The van der Waals surface area contributed by atoms with Gasteiger partial charge in [0.15, 0.2) is 0 Å². The molecule has 3 aromatic rings. The molecule has 0 aliphatic heterocycles. The summed E-state index contributed by atoms with van der Waals surface area (Å²) in [5.41, 5.74) is -0.463. The molecule has 0 aliphatic rings. The second kappa shape index (κ2) is 7.33. The van der Waals surface area contributed by atoms with Crippen LogP contribution in [-0.4, -0.2) is 9.78 Å². The number of nitrogens with zero attached hydrogens (tertiary/aromatic N) is 2. The molecule has 8 heteroatoms. The third-order valence-electron chi connectivity index (χ3n) is 4.62. The van der Waals surface area contributed by atoms with Gasteiger partial charge in [-0.1, -0.05) is 24.3 Å². The Labute approximate surface area is 157 Å². The molecule has 2 aromatic carbocycles. The van der Waals surface area contributed by atoms with Crippen molar-refractivity contribution >= 4 is 0 Å². The average Bonchev–Trinajstić information content (AvgIpc) is 3.16. The van der Waals surface area contributed by atoms with Crippen LogP contribution >= 0.6 is 0 Å². The second-order valence-electron chi connectivity index (χ2n) is 6.44. The van der Waals surface area contributed by atoms with Crippen molar-refractivity contribution in [1.82, 2.24) is 9.78 Å². The molecule has 0 amide bonds. The van der Waals surface area contributed by atoms with E-state index in [1.807, 2.05) is 6.92 Å². The lowest BCUT2D eigenvalue weighted by Crippen LogP contribution is -2.17. The van der Waals surface area contributed by atoms with Gasteiger partial charge in [-0.2, -0.15) is 31.4 Å². The molecule has 0 aliphatic carbocycles. The van der Waals surface area contributed by atoms with Gasteiger partial charge in [-0.25, -0.2) is 0 Å². The van der Waals surface area contributed by atoms with Crippen molar-refractivity contribution in [3.8, 4) is 0 Å². The van der Waals surface area contributed by atoms with Crippen LogP contribution in [0.15, 0.2) is 67.0 Å². The Bertz CT molecular complexity index is 836. The zero-order valence-electron chi connectivity index (χ0n) is 14.7. The lowest BCUT2D eigenvalue weighted by molar-refractivity contribution is -0.138. The zero-order valence-corrected chi connectivity index (χ0v) is 14.7. The molecule has 0 saturated heterocycles. The topological polar surface area (TPSA) is 17.8 Å². The summed E-state index contributed by atoms with van der Waals surface area (Å²) in [4.78, 5) is 0. The first-order valence-electron chi connectivity index (χ1n) is 8.41. The molecule has 148 valence electrons. The van der Waals surface area contributed by atoms with Gasteiger partial charge < -0.3 is 0 Å². The number of aromatic nitrogens is 2. The van der Waals surface area contributed by atoms with E-state index in [-0.39, 0.29) is 6.04 Å². The number of benzene rings is 2. The molecule has 1 unspecified atom stereocenters. The van der Waals surface area contributed by atoms with Crippen LogP contribution in [0.2, 0.25) is 0 Å². The standard InChI is InChI=1S/C20H16F6N2/c1-13(28-12-2-11-27-28)18(14-3-7-16(8-4-14)19(21,22)23)15-5-9-17(10-6-15)20(24,25)26/h2-13,18H,1H3. The maximum Gasteiger partial charge on any atom is 0.416 e. The minimum Gasteiger partial charge on any atom is -0.269 e. The quantitative estimate of drug-likeness (QED) is 0.471. The number of rotatable bonds is 4. The molecule has 0 spiro atoms. The zero-order chi connectivity index (χ0) is 20.5. The van der Waals surface area contributed by atoms with E-state index in [1.54, 1.807) is 23.1 Å². The van der Waals surface area contributed by atoms with Gasteiger partial charge in [-0.15, -0.1) is 0 Å². The predicted octanol–water partition coefficient (Wildman–Crippen LogP) is 6.31. The van der Waals surface area contributed by atoms with E-state index >= 15 is 0 Å². The summed E-state index contributed by atoms with van der Waals surface area (Å²) < 4.78 is 78.8. The van der Waals surface area contributed by atoms with Crippen molar-refractivity contribution in [3.63, 3.8) is 0 Å². The smallest absolute Gasteiger partial charge is 0.269 e. The van der Waals surface area contributed by atoms with Crippen molar-refractivity contribution in [2.45, 2.75) is 31.2 Å². The minimum absolute atomic E-state index is 0.330. The molecule has 3 rings (SSSR count). The third-order valence-corrected chi connectivity index (χ3v) is 4.62. The first-order valence-corrected chi connectivity index (χ1v) is 8.41. The van der Waals surface area contributed by atoms with Crippen LogP contribution in [0.5, 0.6) is 0 Å². The molecular weight excluding hydrogens is 382 g/mol. The largest absolute Gasteiger partial charge is 0.416 e. The summed E-state index contributed by atoms with van der Waals surface area (Å²) in [6.45, 7) is 1.81. The third kappa shape index (κ3) is 4.21. The molecule has 0 saturated carbocycles. The van der Waals surface area contributed by atoms with Gasteiger partial charge >= 0.3 is 12.4 Å². The molecule has 0 radical (unpaired) electrons. The summed E-state index contributed by atoms with van der Waals surface area (Å²) in [6.07, 6.45) is -5.66. The van der Waals surface area contributed by atoms with E-state index in [0.717, 1.165) is 24.3 Å². The summed E-state index contributed by atoms with van der Waals surface area (Å²) in [6, 6.07) is 10.7. The highest BCUT2D eigenvalue weighted by Gasteiger charge is 2.32. The molecule has 0 N–H and O–H groups in total. The molecule has 1 heterocycles. The molecule has 1 atom stereocenters. The summed E-state index contributed by atoms with van der Waals surface area (Å²) in [5, 5.41) is 4.16. The number of alkyl halides is 6. The number of hydrogen-bond donors (Lipinski definition) is 0. The predicted molar refractivity (Wildman–Crippen MR) is 91.7 cm³/mol. The highest BCUT2D eigenvalue weighted by atomic mass is 19.4. The van der Waals surface area contributed by atoms with Gasteiger partial charge in [-0.3, -0.25) is 4.68 Å². The fourth-order valence-electron chi connectivity index (χ4n) is 3.18. The van der Waals surface area contributed by atoms with Gasteiger partial charge in [0, 0.05) is 18.3 Å². The lowest BCUT2D eigenvalue weighted by Gasteiger charge is -2.26. The van der Waals surface area contributed by atoms with E-state index in [9.17, 15) is 26.3 Å². The molecule has 28 heavy (non-hydrogen) atoms. The Morgan fingerprint density at radius 1 is 0.750 bits per heavy atom. The van der Waals surface area contributed by atoms with E-state index < -0.39 is 29.4 Å². The van der Waals surface area contributed by atoms with Crippen molar-refractivity contribution < 1.29 is 26.3 Å². The highest BCUT2D eigenvalue weighted by Crippen LogP contribution is 2.38. The maximum atomic E-state index is 12.9. The maximum absolute atomic E-state index is 12.9. The van der Waals surface area contributed by atoms with Crippen LogP contribution in [-0.2, 0) is 12.4 Å². The fourth-order valence-corrected chi connectivity index (χ4v) is 3.18. The molecule has 0 bridgehead atoms. The summed E-state index contributed by atoms with van der Waals surface area (Å²) in [7, 11) is 0. The van der Waals surface area contributed by atoms with Gasteiger partial charge in [0.1, 0.15) is 0 Å². The van der Waals surface area contributed by atoms with Crippen LogP contribution in [0, 0.1) is 0 Å². The SMILES string of the molecule is CC(C(c1ccc(C(F)(F)F)cc1)c1ccc(C(F)(F)F)cc1)n1cccn1. The van der Waals surface area contributed by atoms with Gasteiger partial charge in [-0.05, 0) is 48.4 Å². The van der Waals surface area contributed by atoms with Crippen molar-refractivity contribution in [2.24, 2.45) is 0 Å². The van der Waals surface area contributed by atoms with Gasteiger partial charge in [0.05, 0.1) is 17.2 Å². The van der Waals surface area contributed by atoms with E-state index in [4.69, 9.17) is 0 Å². The molecular formula is C20H16F6N2. The molecule has 1 aromatic heterocycles. The van der Waals surface area contributed by atoms with Crippen LogP contribution < -0.4 is 0 Å². The van der Waals surface area contributed by atoms with Crippen molar-refractivity contribution in [2.75, 3.05) is 0 Å². The van der Waals surface area contributed by atoms with E-state index in [1.165, 1.54) is 24.3 Å². The Hall–Kier alpha value is -2.77. The Morgan fingerprint density at radius 3 is 1.50 bits per heavy atom. The Balaban J connectivity index is 2.03. The van der Waals surface area contributed by atoms with Crippen LogP contribution in [0.3, 0.4) is 0 Å². The Kier molecular flexibility index (Phi) is 5.23. The fraction of sp³-hybridized carbons (Fsp3) is 0.250. The van der Waals surface area contributed by atoms with Gasteiger partial charge in [0.2, 0.25) is 0 Å². The first-order chi connectivity index (χ1) is 13.1. The summed E-state index contributed by atoms with van der Waals surface area (Å²) in [5.74, 6) is -0.482. The van der Waals surface area contributed by atoms with Gasteiger partial charge in [0.25, 0.3) is 0 Å². The first kappa shape index (κ1) is 20.0.